The topological polar surface area (TPSA) is 47.9 Å². The van der Waals surface area contributed by atoms with Gasteiger partial charge in [-0.2, -0.15) is 0 Å². The maximum absolute atomic E-state index is 11.3. The summed E-state index contributed by atoms with van der Waals surface area (Å²) in [7, 11) is -2.09. The van der Waals surface area contributed by atoms with E-state index >= 15 is 0 Å². The summed E-state index contributed by atoms with van der Waals surface area (Å²) in [5.74, 6) is 0. The van der Waals surface area contributed by atoms with Crippen molar-refractivity contribution >= 4 is 20.1 Å². The molecule has 1 aliphatic rings. The zero-order valence-corrected chi connectivity index (χ0v) is 21.3. The molecule has 2 aromatic carbocycles. The number of thioether (sulfide) groups is 1. The van der Waals surface area contributed by atoms with Crippen LogP contribution in [0, 0.1) is 0 Å². The Morgan fingerprint density at radius 2 is 1.55 bits per heavy atom. The third-order valence-corrected chi connectivity index (χ3v) is 11.9. The average Bonchev–Trinajstić information content (AvgIpc) is 2.72. The summed E-state index contributed by atoms with van der Waals surface area (Å²) in [6.45, 7) is 13.6. The van der Waals surface area contributed by atoms with E-state index in [0.29, 0.717) is 6.61 Å². The standard InChI is InChI=1S/C25H36O4SSi/c1-18-22(29-31(5,6)25(2,3)4)23(27-17-19-13-9-7-10-14-19)21(26)24(28-18)30-20-15-11-8-12-16-20/h7-16,18,21-24,26H,17H2,1-6H3/t18-,21+,22-,23-,24-/m1/s1. The lowest BCUT2D eigenvalue weighted by atomic mass is 10.0. The first-order valence-electron chi connectivity index (χ1n) is 11.0. The number of benzene rings is 2. The fraction of sp³-hybridized carbons (Fsp3) is 0.520. The van der Waals surface area contributed by atoms with Gasteiger partial charge in [0.05, 0.1) is 18.8 Å². The van der Waals surface area contributed by atoms with Gasteiger partial charge in [-0.25, -0.2) is 0 Å². The molecule has 1 aliphatic heterocycles. The average molecular weight is 461 g/mol. The van der Waals surface area contributed by atoms with Gasteiger partial charge in [0, 0.05) is 4.90 Å². The maximum atomic E-state index is 11.3. The molecule has 3 rings (SSSR count). The largest absolute Gasteiger partial charge is 0.409 e. The summed E-state index contributed by atoms with van der Waals surface area (Å²) in [5, 5.41) is 11.4. The Bertz CT molecular complexity index is 809. The Morgan fingerprint density at radius 3 is 2.13 bits per heavy atom. The smallest absolute Gasteiger partial charge is 0.192 e. The second-order valence-corrected chi connectivity index (χ2v) is 15.7. The molecule has 0 aromatic heterocycles. The summed E-state index contributed by atoms with van der Waals surface area (Å²) in [6.07, 6.45) is -1.80. The van der Waals surface area contributed by atoms with E-state index in [2.05, 4.69) is 33.9 Å². The van der Waals surface area contributed by atoms with E-state index in [1.165, 1.54) is 11.8 Å². The Hall–Kier alpha value is -1.15. The first-order chi connectivity index (χ1) is 14.6. The highest BCUT2D eigenvalue weighted by Gasteiger charge is 2.49. The van der Waals surface area contributed by atoms with E-state index in [1.807, 2.05) is 67.6 Å². The van der Waals surface area contributed by atoms with Crippen LogP contribution in [0.5, 0.6) is 0 Å². The normalized spacial score (nSPS) is 27.3. The quantitative estimate of drug-likeness (QED) is 0.524. The van der Waals surface area contributed by atoms with E-state index in [0.717, 1.165) is 10.5 Å². The van der Waals surface area contributed by atoms with Crippen molar-refractivity contribution in [3.63, 3.8) is 0 Å². The molecule has 5 atom stereocenters. The summed E-state index contributed by atoms with van der Waals surface area (Å²) in [4.78, 5) is 1.06. The molecule has 0 spiro atoms. The highest BCUT2D eigenvalue weighted by molar-refractivity contribution is 7.99. The fourth-order valence-corrected chi connectivity index (χ4v) is 5.82. The molecule has 6 heteroatoms. The highest BCUT2D eigenvalue weighted by Crippen LogP contribution is 2.41. The van der Waals surface area contributed by atoms with Crippen LogP contribution in [0.1, 0.15) is 33.3 Å². The van der Waals surface area contributed by atoms with Crippen LogP contribution in [-0.2, 0) is 20.5 Å². The minimum Gasteiger partial charge on any atom is -0.409 e. The van der Waals surface area contributed by atoms with Crippen molar-refractivity contribution in [2.45, 2.75) is 87.2 Å². The van der Waals surface area contributed by atoms with Crippen molar-refractivity contribution in [1.29, 1.82) is 0 Å². The molecular weight excluding hydrogens is 424 g/mol. The molecule has 170 valence electrons. The van der Waals surface area contributed by atoms with Crippen LogP contribution in [-0.4, -0.2) is 43.3 Å². The first kappa shape index (κ1) is 24.5. The SMILES string of the molecule is C[C@H]1O[C@H](Sc2ccccc2)[C@@H](O)[C@@H](OCc2ccccc2)[C@@H]1O[Si](C)(C)C(C)(C)C. The van der Waals surface area contributed by atoms with Gasteiger partial charge in [0.15, 0.2) is 8.32 Å². The Balaban J connectivity index is 1.82. The molecule has 0 saturated carbocycles. The van der Waals surface area contributed by atoms with Crippen LogP contribution in [0.4, 0.5) is 0 Å². The fourth-order valence-electron chi connectivity index (χ4n) is 3.36. The van der Waals surface area contributed by atoms with Crippen LogP contribution >= 0.6 is 11.8 Å². The van der Waals surface area contributed by atoms with Gasteiger partial charge in [-0.3, -0.25) is 0 Å². The molecule has 0 bridgehead atoms. The van der Waals surface area contributed by atoms with Crippen molar-refractivity contribution in [2.75, 3.05) is 0 Å². The number of aliphatic hydroxyl groups excluding tert-OH is 1. The van der Waals surface area contributed by atoms with Crippen molar-refractivity contribution in [2.24, 2.45) is 0 Å². The molecular formula is C25H36O4SSi. The Kier molecular flexibility index (Phi) is 8.05. The third-order valence-electron chi connectivity index (χ3n) is 6.27. The molecule has 1 heterocycles. The highest BCUT2D eigenvalue weighted by atomic mass is 32.2. The molecule has 2 aromatic rings. The zero-order valence-electron chi connectivity index (χ0n) is 19.4. The number of aliphatic hydroxyl groups is 1. The number of hydrogen-bond donors (Lipinski definition) is 1. The number of rotatable bonds is 7. The van der Waals surface area contributed by atoms with Gasteiger partial charge in [-0.05, 0) is 42.8 Å². The molecule has 4 nitrogen and oxygen atoms in total. The van der Waals surface area contributed by atoms with E-state index in [1.54, 1.807) is 0 Å². The lowest BCUT2D eigenvalue weighted by Crippen LogP contribution is -2.61. The minimum atomic E-state index is -2.09. The lowest BCUT2D eigenvalue weighted by molar-refractivity contribution is -0.207. The molecule has 0 radical (unpaired) electrons. The maximum Gasteiger partial charge on any atom is 0.192 e. The monoisotopic (exact) mass is 460 g/mol. The first-order valence-corrected chi connectivity index (χ1v) is 14.8. The molecule has 1 fully saturated rings. The molecule has 0 unspecified atom stereocenters. The summed E-state index contributed by atoms with van der Waals surface area (Å²) < 4.78 is 19.4. The Labute approximate surface area is 192 Å². The van der Waals surface area contributed by atoms with Crippen molar-refractivity contribution in [3.05, 3.63) is 66.2 Å². The molecule has 1 saturated heterocycles. The van der Waals surface area contributed by atoms with Crippen LogP contribution in [0.15, 0.2) is 65.6 Å². The molecule has 1 N–H and O–H groups in total. The van der Waals surface area contributed by atoms with E-state index in [-0.39, 0.29) is 17.2 Å². The van der Waals surface area contributed by atoms with Gasteiger partial charge in [-0.15, -0.1) is 0 Å². The zero-order chi connectivity index (χ0) is 22.6. The second-order valence-electron chi connectivity index (χ2n) is 9.74. The second kappa shape index (κ2) is 10.2. The molecule has 0 amide bonds. The lowest BCUT2D eigenvalue weighted by Gasteiger charge is -2.48. The van der Waals surface area contributed by atoms with Crippen molar-refractivity contribution in [3.8, 4) is 0 Å². The van der Waals surface area contributed by atoms with E-state index in [9.17, 15) is 5.11 Å². The van der Waals surface area contributed by atoms with E-state index in [4.69, 9.17) is 13.9 Å². The van der Waals surface area contributed by atoms with Gasteiger partial charge in [0.2, 0.25) is 0 Å². The van der Waals surface area contributed by atoms with Crippen LogP contribution in [0.3, 0.4) is 0 Å². The minimum absolute atomic E-state index is 0.0529. The van der Waals surface area contributed by atoms with E-state index < -0.39 is 26.0 Å². The van der Waals surface area contributed by atoms with Gasteiger partial charge in [0.25, 0.3) is 0 Å². The van der Waals surface area contributed by atoms with Gasteiger partial charge in [0.1, 0.15) is 17.6 Å². The van der Waals surface area contributed by atoms with Crippen molar-refractivity contribution < 1.29 is 19.0 Å². The Morgan fingerprint density at radius 1 is 0.968 bits per heavy atom. The van der Waals surface area contributed by atoms with Crippen LogP contribution in [0.25, 0.3) is 0 Å². The predicted octanol–water partition coefficient (Wildman–Crippen LogP) is 5.86. The van der Waals surface area contributed by atoms with Crippen LogP contribution in [0.2, 0.25) is 18.1 Å². The summed E-state index contributed by atoms with van der Waals surface area (Å²) >= 11 is 1.53. The summed E-state index contributed by atoms with van der Waals surface area (Å²) in [6, 6.07) is 20.1. The third kappa shape index (κ3) is 6.21. The number of hydrogen-bond acceptors (Lipinski definition) is 5. The van der Waals surface area contributed by atoms with Gasteiger partial charge >= 0.3 is 0 Å². The molecule has 0 aliphatic carbocycles. The van der Waals surface area contributed by atoms with Crippen LogP contribution < -0.4 is 0 Å². The van der Waals surface area contributed by atoms with Gasteiger partial charge < -0.3 is 19.0 Å². The summed E-state index contributed by atoms with van der Waals surface area (Å²) in [5.41, 5.74) is 0.657. The van der Waals surface area contributed by atoms with Crippen molar-refractivity contribution in [1.82, 2.24) is 0 Å². The predicted molar refractivity (Wildman–Crippen MR) is 130 cm³/mol. The molecule has 31 heavy (non-hydrogen) atoms. The van der Waals surface area contributed by atoms with Gasteiger partial charge in [-0.1, -0.05) is 81.1 Å². The number of ether oxygens (including phenoxy) is 2.